The van der Waals surface area contributed by atoms with Crippen LogP contribution in [0.25, 0.3) is 55.7 Å². The van der Waals surface area contributed by atoms with Gasteiger partial charge in [-0.3, -0.25) is 18.7 Å². The average molecular weight is 1350 g/mol. The highest BCUT2D eigenvalue weighted by Gasteiger charge is 2.52. The number of aromatic carboxylic acids is 1. The molecule has 0 spiro atoms. The highest BCUT2D eigenvalue weighted by atomic mass is 79.9. The van der Waals surface area contributed by atoms with E-state index < -0.39 is 47.3 Å². The van der Waals surface area contributed by atoms with Crippen LogP contribution in [0.15, 0.2) is 123 Å². The molecule has 5 N–H and O–H groups in total. The minimum atomic E-state index is -1.15. The van der Waals surface area contributed by atoms with E-state index in [1.807, 2.05) is 33.8 Å². The number of halogens is 8. The predicted octanol–water partition coefficient (Wildman–Crippen LogP) is 11.5. The predicted molar refractivity (Wildman–Crippen MR) is 306 cm³/mol. The van der Waals surface area contributed by atoms with E-state index in [-0.39, 0.29) is 32.8 Å². The molecule has 402 valence electrons. The lowest BCUT2D eigenvalue weighted by atomic mass is 9.79. The number of carboxylic acid groups (broad SMARTS) is 1. The lowest BCUT2D eigenvalue weighted by molar-refractivity contribution is 0.00578. The van der Waals surface area contributed by atoms with Crippen LogP contribution in [-0.2, 0) is 30.5 Å². The Bertz CT molecular complexity index is 4150. The summed E-state index contributed by atoms with van der Waals surface area (Å²) < 4.78 is 38.4. The number of phenolic OH excluding ortho intramolecular Hbond substituents is 1. The lowest BCUT2D eigenvalue weighted by Gasteiger charge is -2.32. The van der Waals surface area contributed by atoms with Gasteiger partial charge in [-0.1, -0.05) is 106 Å². The molecule has 0 unspecified atom stereocenters. The van der Waals surface area contributed by atoms with Crippen LogP contribution >= 0.6 is 106 Å². The van der Waals surface area contributed by atoms with Crippen LogP contribution in [-0.4, -0.2) is 63.2 Å². The SMILES string of the molecule is Cn1c(=O)oc2c(Cl)cc(-c3cc(C(=O)O)ncn3)cc21.Cn1c(=O)oc2c(Cl)cc(B3OC(C)(C)C(C)(C)O3)cc21.Cn1c(=O)oc2c(Cl)cc(Br)cc21.Nc1cc(Br)cc(Cl)c1O.O=c1[nH]c2cc(Br)cc(Cl)c2o1. The topological polar surface area (TPSA) is 279 Å². The number of anilines is 1. The molecule has 10 aromatic rings. The molecule has 1 fully saturated rings. The molecule has 1 saturated heterocycles. The van der Waals surface area contributed by atoms with Gasteiger partial charge in [-0.2, -0.15) is 0 Å². The number of nitrogens with zero attached hydrogens (tertiary/aromatic N) is 5. The normalized spacial score (nSPS) is 13.4. The van der Waals surface area contributed by atoms with Crippen molar-refractivity contribution in [2.75, 3.05) is 5.73 Å². The molecule has 77 heavy (non-hydrogen) atoms. The zero-order valence-corrected chi connectivity index (χ0v) is 49.3. The maximum Gasteiger partial charge on any atom is 0.494 e. The van der Waals surface area contributed by atoms with Crippen LogP contribution in [0, 0.1) is 0 Å². The van der Waals surface area contributed by atoms with Gasteiger partial charge in [0, 0.05) is 40.1 Å². The van der Waals surface area contributed by atoms with Gasteiger partial charge in [0.1, 0.15) is 6.33 Å². The summed E-state index contributed by atoms with van der Waals surface area (Å²) in [5, 5.41) is 19.7. The number of rotatable bonds is 3. The fourth-order valence-electron chi connectivity index (χ4n) is 7.00. The van der Waals surface area contributed by atoms with E-state index in [1.54, 1.807) is 75.7 Å². The Morgan fingerprint density at radius 1 is 0.610 bits per heavy atom. The zero-order chi connectivity index (χ0) is 56.7. The van der Waals surface area contributed by atoms with Gasteiger partial charge in [0.2, 0.25) is 0 Å². The Labute approximate surface area is 483 Å². The van der Waals surface area contributed by atoms with Crippen molar-refractivity contribution in [3.8, 4) is 17.0 Å². The Kier molecular flexibility index (Phi) is 17.8. The summed E-state index contributed by atoms with van der Waals surface area (Å²) in [4.78, 5) is 66.1. The molecule has 1 aliphatic heterocycles. The maximum atomic E-state index is 11.6. The van der Waals surface area contributed by atoms with Gasteiger partial charge >= 0.3 is 36.1 Å². The Morgan fingerprint density at radius 2 is 1.06 bits per heavy atom. The smallest absolute Gasteiger partial charge is 0.494 e. The first-order valence-corrected chi connectivity index (χ1v) is 26.1. The van der Waals surface area contributed by atoms with Crippen molar-refractivity contribution >= 4 is 174 Å². The number of nitrogen functional groups attached to an aromatic ring is 1. The molecular weight excluding hydrogens is 1310 g/mol. The third-order valence-electron chi connectivity index (χ3n) is 11.7. The number of phenols is 1. The van der Waals surface area contributed by atoms with Gasteiger partial charge in [0.15, 0.2) is 33.8 Å². The molecule has 0 radical (unpaired) electrons. The summed E-state index contributed by atoms with van der Waals surface area (Å²) >= 11 is 39.2. The first-order valence-electron chi connectivity index (χ1n) is 21.8. The van der Waals surface area contributed by atoms with Gasteiger partial charge in [0.05, 0.1) is 69.8 Å². The fraction of sp³-hybridized carbons (Fsp3) is 0.188. The Balaban J connectivity index is 0.000000144. The van der Waals surface area contributed by atoms with Gasteiger partial charge in [-0.05, 0) is 99.9 Å². The fourth-order valence-corrected chi connectivity index (χ4v) is 10.0. The number of aryl methyl sites for hydroxylation is 3. The van der Waals surface area contributed by atoms with E-state index in [9.17, 15) is 24.0 Å². The summed E-state index contributed by atoms with van der Waals surface area (Å²) in [6.07, 6.45) is 1.16. The second-order valence-corrected chi connectivity index (χ2v) is 22.2. The number of nitrogens with two attached hydrogens (primary N) is 1. The summed E-state index contributed by atoms with van der Waals surface area (Å²) in [5.74, 6) is -3.10. The summed E-state index contributed by atoms with van der Waals surface area (Å²) in [5.41, 5.74) is 10.2. The number of hydrogen-bond acceptors (Lipinski definition) is 15. The minimum absolute atomic E-state index is 0.0649. The van der Waals surface area contributed by atoms with Gasteiger partial charge in [-0.15, -0.1) is 0 Å². The first-order chi connectivity index (χ1) is 36.0. The molecule has 0 aliphatic carbocycles. The molecule has 0 amide bonds. The number of oxazole rings is 4. The van der Waals surface area contributed by atoms with Crippen molar-refractivity contribution in [1.29, 1.82) is 0 Å². The van der Waals surface area contributed by atoms with E-state index in [0.717, 1.165) is 25.2 Å². The van der Waals surface area contributed by atoms with E-state index in [2.05, 4.69) is 62.7 Å². The molecule has 11 rings (SSSR count). The van der Waals surface area contributed by atoms with Gasteiger partial charge in [0.25, 0.3) is 0 Å². The van der Waals surface area contributed by atoms with Crippen molar-refractivity contribution in [3.05, 3.63) is 159 Å². The Morgan fingerprint density at radius 3 is 1.60 bits per heavy atom. The van der Waals surface area contributed by atoms with Gasteiger partial charge in [-0.25, -0.2) is 33.9 Å². The van der Waals surface area contributed by atoms with Crippen molar-refractivity contribution in [1.82, 2.24) is 28.7 Å². The highest BCUT2D eigenvalue weighted by Crippen LogP contribution is 2.38. The number of aromatic nitrogens is 6. The first kappa shape index (κ1) is 58.9. The average Bonchev–Trinajstić information content (AvgIpc) is 4.14. The second-order valence-electron chi connectivity index (χ2n) is 17.5. The third-order valence-corrected chi connectivity index (χ3v) is 14.5. The molecule has 20 nitrogen and oxygen atoms in total. The van der Waals surface area contributed by atoms with E-state index >= 15 is 0 Å². The highest BCUT2D eigenvalue weighted by molar-refractivity contribution is 9.11. The number of aromatic hydroxyl groups is 1. The third kappa shape index (κ3) is 12.9. The van der Waals surface area contributed by atoms with Gasteiger partial charge < -0.3 is 42.9 Å². The van der Waals surface area contributed by atoms with Crippen LogP contribution in [0.1, 0.15) is 38.2 Å². The van der Waals surface area contributed by atoms with E-state index in [0.29, 0.717) is 65.1 Å². The Hall–Kier alpha value is -5.80. The largest absolute Gasteiger partial charge is 0.504 e. The number of aromatic amines is 1. The van der Waals surface area contributed by atoms with Crippen LogP contribution in [0.4, 0.5) is 5.69 Å². The monoisotopic (exact) mass is 1340 g/mol. The molecule has 5 aromatic carbocycles. The number of nitrogens with one attached hydrogen (secondary N) is 1. The summed E-state index contributed by atoms with van der Waals surface area (Å²) in [7, 11) is 4.30. The quantitative estimate of drug-likeness (QED) is 0.0727. The summed E-state index contributed by atoms with van der Waals surface area (Å²) in [6, 6.07) is 18.1. The summed E-state index contributed by atoms with van der Waals surface area (Å²) in [6.45, 7) is 7.95. The standard InChI is InChI=1S/C14H17BClNO4.C13H8ClN3O4.C8H5BrClNO2.C7H3BrClNO2.C6H5BrClNO/c1-13(2)14(3,4)21-15(20-13)8-6-9(16)11-10(7-8)17(5)12(18)19-11;1-17-10-3-6(2-7(14)11(10)21-13(17)20)8-4-9(12(18)19)16-5-15-8;1-11-6-3-4(9)2-5(10)7(6)13-8(11)12;8-3-1-4(9)6-5(2-3)10-7(11)12-6;7-3-1-4(8)6(10)5(9)2-3/h6-7H,1-5H3;2-5H,1H3,(H,18,19);2-3H,1H3;1-2H,(H,10,11);1-2,10H,9H2. The molecule has 0 bridgehead atoms. The number of carboxylic acids is 1. The zero-order valence-electron chi connectivity index (χ0n) is 40.7. The van der Waals surface area contributed by atoms with Crippen LogP contribution in [0.3, 0.4) is 0 Å². The number of benzene rings is 5. The molecule has 0 atom stereocenters. The molecule has 6 heterocycles. The lowest BCUT2D eigenvalue weighted by Crippen LogP contribution is -2.41. The van der Waals surface area contributed by atoms with E-state index in [1.165, 1.54) is 19.8 Å². The molecule has 29 heteroatoms. The molecule has 0 saturated carbocycles. The minimum Gasteiger partial charge on any atom is -0.504 e. The molecule has 1 aliphatic rings. The van der Waals surface area contributed by atoms with Crippen LogP contribution in [0.5, 0.6) is 5.75 Å². The van der Waals surface area contributed by atoms with E-state index in [4.69, 9.17) is 101 Å². The molecule has 5 aromatic heterocycles. The molecular formula is C48H38BBr3Cl5N7O13. The van der Waals surface area contributed by atoms with Crippen LogP contribution in [0.2, 0.25) is 25.1 Å². The van der Waals surface area contributed by atoms with Crippen molar-refractivity contribution < 1.29 is 42.0 Å². The van der Waals surface area contributed by atoms with Crippen molar-refractivity contribution in [2.24, 2.45) is 21.1 Å². The number of fused-ring (bicyclic) bond motifs is 4. The number of carbonyl (C=O) groups is 1. The number of H-pyrrole nitrogens is 1. The van der Waals surface area contributed by atoms with Crippen LogP contribution < -0.4 is 34.2 Å². The van der Waals surface area contributed by atoms with Crippen molar-refractivity contribution in [2.45, 2.75) is 38.9 Å². The second kappa shape index (κ2) is 23.3. The van der Waals surface area contributed by atoms with Crippen molar-refractivity contribution in [3.63, 3.8) is 0 Å². The maximum absolute atomic E-state index is 11.6. The number of hydrogen-bond donors (Lipinski definition) is 4.